The Morgan fingerprint density at radius 2 is 1.56 bits per heavy atom. The standard InChI is InChI=1S/C19H19NO5/c1-22-17-9-3-8-16(18(17)23-2)19(21)20(12-14-6-4-10-24-14)13-15-7-5-11-25-15/h3-11H,12-13H2,1-2H3. The second kappa shape index (κ2) is 7.61. The summed E-state index contributed by atoms with van der Waals surface area (Å²) in [5.41, 5.74) is 0.417. The Bertz CT molecular complexity index is 772. The molecule has 6 heteroatoms. The van der Waals surface area contributed by atoms with Gasteiger partial charge in [-0.25, -0.2) is 0 Å². The summed E-state index contributed by atoms with van der Waals surface area (Å²) in [6.45, 7) is 0.625. The molecule has 0 unspecified atom stereocenters. The summed E-state index contributed by atoms with van der Waals surface area (Å²) >= 11 is 0. The van der Waals surface area contributed by atoms with E-state index in [0.717, 1.165) is 0 Å². The van der Waals surface area contributed by atoms with Crippen LogP contribution in [0.4, 0.5) is 0 Å². The maximum atomic E-state index is 13.2. The molecule has 0 aliphatic carbocycles. The number of nitrogens with zero attached hydrogens (tertiary/aromatic N) is 1. The molecule has 3 rings (SSSR count). The van der Waals surface area contributed by atoms with Gasteiger partial charge in [-0.1, -0.05) is 6.07 Å². The van der Waals surface area contributed by atoms with Crippen molar-refractivity contribution >= 4 is 5.91 Å². The van der Waals surface area contributed by atoms with Crippen LogP contribution in [0.15, 0.2) is 63.8 Å². The van der Waals surface area contributed by atoms with Crippen LogP contribution in [0.3, 0.4) is 0 Å². The number of amides is 1. The molecule has 3 aromatic rings. The minimum absolute atomic E-state index is 0.205. The van der Waals surface area contributed by atoms with Crippen molar-refractivity contribution in [2.45, 2.75) is 13.1 Å². The van der Waals surface area contributed by atoms with E-state index in [2.05, 4.69) is 0 Å². The number of carbonyl (C=O) groups is 1. The fraction of sp³-hybridized carbons (Fsp3) is 0.211. The number of furan rings is 2. The van der Waals surface area contributed by atoms with Crippen LogP contribution in [0.2, 0.25) is 0 Å². The van der Waals surface area contributed by atoms with Gasteiger partial charge in [0.25, 0.3) is 5.91 Å². The topological polar surface area (TPSA) is 65.0 Å². The molecule has 0 aliphatic heterocycles. The van der Waals surface area contributed by atoms with Crippen molar-refractivity contribution in [1.29, 1.82) is 0 Å². The van der Waals surface area contributed by atoms with Crippen molar-refractivity contribution in [3.63, 3.8) is 0 Å². The van der Waals surface area contributed by atoms with Crippen LogP contribution in [0.25, 0.3) is 0 Å². The van der Waals surface area contributed by atoms with Crippen molar-refractivity contribution in [1.82, 2.24) is 4.90 Å². The lowest BCUT2D eigenvalue weighted by Crippen LogP contribution is -2.30. The highest BCUT2D eigenvalue weighted by Gasteiger charge is 2.23. The molecule has 0 saturated carbocycles. The molecule has 0 N–H and O–H groups in total. The Labute approximate surface area is 145 Å². The zero-order valence-corrected chi connectivity index (χ0v) is 14.1. The van der Waals surface area contributed by atoms with Crippen LogP contribution < -0.4 is 9.47 Å². The van der Waals surface area contributed by atoms with E-state index in [1.165, 1.54) is 14.2 Å². The van der Waals surface area contributed by atoms with Gasteiger partial charge in [0.2, 0.25) is 0 Å². The fourth-order valence-corrected chi connectivity index (χ4v) is 2.61. The molecule has 1 aromatic carbocycles. The first-order valence-electron chi connectivity index (χ1n) is 7.78. The van der Waals surface area contributed by atoms with Crippen molar-refractivity contribution in [2.24, 2.45) is 0 Å². The molecular formula is C19H19NO5. The highest BCUT2D eigenvalue weighted by molar-refractivity contribution is 5.97. The van der Waals surface area contributed by atoms with E-state index in [0.29, 0.717) is 41.7 Å². The number of hydrogen-bond donors (Lipinski definition) is 0. The second-order valence-electron chi connectivity index (χ2n) is 5.36. The number of carbonyl (C=O) groups excluding carboxylic acids is 1. The summed E-state index contributed by atoms with van der Waals surface area (Å²) in [5.74, 6) is 2.07. The number of methoxy groups -OCH3 is 2. The number of hydrogen-bond acceptors (Lipinski definition) is 5. The molecule has 0 saturated heterocycles. The van der Waals surface area contributed by atoms with Gasteiger partial charge in [0.1, 0.15) is 11.5 Å². The van der Waals surface area contributed by atoms with E-state index in [4.69, 9.17) is 18.3 Å². The van der Waals surface area contributed by atoms with Gasteiger partial charge in [0.15, 0.2) is 11.5 Å². The Hall–Kier alpha value is -3.15. The quantitative estimate of drug-likeness (QED) is 0.655. The molecular weight excluding hydrogens is 322 g/mol. The Kier molecular flexibility index (Phi) is 5.09. The van der Waals surface area contributed by atoms with Crippen LogP contribution in [-0.4, -0.2) is 25.0 Å². The normalized spacial score (nSPS) is 10.5. The lowest BCUT2D eigenvalue weighted by molar-refractivity contribution is 0.0700. The van der Waals surface area contributed by atoms with Crippen molar-refractivity contribution in [3.05, 3.63) is 72.1 Å². The van der Waals surface area contributed by atoms with Crippen LogP contribution in [-0.2, 0) is 13.1 Å². The fourth-order valence-electron chi connectivity index (χ4n) is 2.61. The van der Waals surface area contributed by atoms with Gasteiger partial charge in [0, 0.05) is 0 Å². The van der Waals surface area contributed by atoms with Crippen molar-refractivity contribution in [3.8, 4) is 11.5 Å². The van der Waals surface area contributed by atoms with E-state index in [1.807, 2.05) is 12.1 Å². The van der Waals surface area contributed by atoms with Crippen LogP contribution in [0, 0.1) is 0 Å². The highest BCUT2D eigenvalue weighted by Crippen LogP contribution is 2.32. The summed E-state index contributed by atoms with van der Waals surface area (Å²) in [6, 6.07) is 12.4. The van der Waals surface area contributed by atoms with Gasteiger partial charge >= 0.3 is 0 Å². The Morgan fingerprint density at radius 3 is 2.04 bits per heavy atom. The maximum absolute atomic E-state index is 13.2. The SMILES string of the molecule is COc1cccc(C(=O)N(Cc2ccco2)Cc2ccco2)c1OC. The van der Waals surface area contributed by atoms with E-state index in [9.17, 15) is 4.79 Å². The maximum Gasteiger partial charge on any atom is 0.258 e. The van der Waals surface area contributed by atoms with Gasteiger partial charge < -0.3 is 23.2 Å². The number of rotatable bonds is 7. The largest absolute Gasteiger partial charge is 0.493 e. The Balaban J connectivity index is 1.93. The lowest BCUT2D eigenvalue weighted by Gasteiger charge is -2.22. The lowest BCUT2D eigenvalue weighted by atomic mass is 10.1. The third kappa shape index (κ3) is 3.68. The van der Waals surface area contributed by atoms with Gasteiger partial charge in [-0.2, -0.15) is 0 Å². The first-order chi connectivity index (χ1) is 12.2. The van der Waals surface area contributed by atoms with E-state index in [1.54, 1.807) is 47.8 Å². The summed E-state index contributed by atoms with van der Waals surface area (Å²) in [7, 11) is 3.05. The van der Waals surface area contributed by atoms with Gasteiger partial charge in [-0.05, 0) is 36.4 Å². The molecule has 0 atom stereocenters. The molecule has 0 radical (unpaired) electrons. The molecule has 0 bridgehead atoms. The smallest absolute Gasteiger partial charge is 0.258 e. The average Bonchev–Trinajstić information content (AvgIpc) is 3.33. The third-order valence-electron chi connectivity index (χ3n) is 3.77. The Morgan fingerprint density at radius 1 is 0.920 bits per heavy atom. The molecule has 25 heavy (non-hydrogen) atoms. The predicted molar refractivity (Wildman–Crippen MR) is 90.5 cm³/mol. The molecule has 0 spiro atoms. The van der Waals surface area contributed by atoms with Crippen molar-refractivity contribution < 1.29 is 23.1 Å². The minimum Gasteiger partial charge on any atom is -0.493 e. The van der Waals surface area contributed by atoms with Gasteiger partial charge in [-0.15, -0.1) is 0 Å². The highest BCUT2D eigenvalue weighted by atomic mass is 16.5. The minimum atomic E-state index is -0.205. The molecule has 130 valence electrons. The number of ether oxygens (including phenoxy) is 2. The molecule has 2 heterocycles. The number of benzene rings is 1. The monoisotopic (exact) mass is 341 g/mol. The first kappa shape index (κ1) is 16.7. The molecule has 1 amide bonds. The molecule has 2 aromatic heterocycles. The van der Waals surface area contributed by atoms with E-state index in [-0.39, 0.29) is 5.91 Å². The zero-order chi connectivity index (χ0) is 17.6. The summed E-state index contributed by atoms with van der Waals surface area (Å²) < 4.78 is 21.5. The molecule has 6 nitrogen and oxygen atoms in total. The number of para-hydroxylation sites is 1. The van der Waals surface area contributed by atoms with Crippen LogP contribution >= 0.6 is 0 Å². The molecule has 0 fully saturated rings. The van der Waals surface area contributed by atoms with Crippen molar-refractivity contribution in [2.75, 3.05) is 14.2 Å². The summed E-state index contributed by atoms with van der Waals surface area (Å²) in [4.78, 5) is 14.8. The van der Waals surface area contributed by atoms with E-state index >= 15 is 0 Å². The summed E-state index contributed by atoms with van der Waals surface area (Å²) in [6.07, 6.45) is 3.16. The third-order valence-corrected chi connectivity index (χ3v) is 3.77. The van der Waals surface area contributed by atoms with Crippen LogP contribution in [0.1, 0.15) is 21.9 Å². The molecule has 0 aliphatic rings. The van der Waals surface area contributed by atoms with Gasteiger partial charge in [-0.3, -0.25) is 4.79 Å². The summed E-state index contributed by atoms with van der Waals surface area (Å²) in [5, 5.41) is 0. The van der Waals surface area contributed by atoms with Gasteiger partial charge in [0.05, 0.1) is 45.4 Å². The van der Waals surface area contributed by atoms with E-state index < -0.39 is 0 Å². The zero-order valence-electron chi connectivity index (χ0n) is 14.1. The second-order valence-corrected chi connectivity index (χ2v) is 5.36. The van der Waals surface area contributed by atoms with Crippen LogP contribution in [0.5, 0.6) is 11.5 Å². The first-order valence-corrected chi connectivity index (χ1v) is 7.78. The predicted octanol–water partition coefficient (Wildman–Crippen LogP) is 3.73. The average molecular weight is 341 g/mol.